The van der Waals surface area contributed by atoms with Crippen molar-refractivity contribution in [1.82, 2.24) is 4.90 Å². The molecule has 0 radical (unpaired) electrons. The van der Waals surface area contributed by atoms with E-state index in [1.807, 2.05) is 18.2 Å². The van der Waals surface area contributed by atoms with Gasteiger partial charge in [0.25, 0.3) is 0 Å². The summed E-state index contributed by atoms with van der Waals surface area (Å²) in [6.07, 6.45) is 7.71. The van der Waals surface area contributed by atoms with Gasteiger partial charge in [0.1, 0.15) is 0 Å². The zero-order valence-corrected chi connectivity index (χ0v) is 17.4. The molecule has 2 aromatic rings. The summed E-state index contributed by atoms with van der Waals surface area (Å²) >= 11 is 0. The average molecular weight is 392 g/mol. The fourth-order valence-corrected chi connectivity index (χ4v) is 5.14. The summed E-state index contributed by atoms with van der Waals surface area (Å²) in [5, 5.41) is 6.55. The molecule has 4 heteroatoms. The minimum absolute atomic E-state index is 0.0316. The number of hydrogen-bond donors (Lipinski definition) is 2. The Labute approximate surface area is 174 Å². The molecule has 29 heavy (non-hydrogen) atoms. The lowest BCUT2D eigenvalue weighted by molar-refractivity contribution is -0.114. The molecule has 1 heterocycles. The topological polar surface area (TPSA) is 44.4 Å². The van der Waals surface area contributed by atoms with Crippen molar-refractivity contribution < 1.29 is 4.79 Å². The Balaban J connectivity index is 1.34. The van der Waals surface area contributed by atoms with Crippen LogP contribution in [0.5, 0.6) is 0 Å². The number of nitrogens with zero attached hydrogens (tertiary/aromatic N) is 1. The number of anilines is 2. The van der Waals surface area contributed by atoms with Crippen LogP contribution in [0, 0.1) is 0 Å². The van der Waals surface area contributed by atoms with Gasteiger partial charge in [-0.1, -0.05) is 49.2 Å². The van der Waals surface area contributed by atoms with E-state index < -0.39 is 0 Å². The standard InChI is InChI=1S/C25H33N3O/c1-19(29)26-22-10-7-11-23(18-22)27-21-14-16-28(17-15-21)25-13-6-5-12-24(25)20-8-3-2-4-9-20/h2-4,7-11,18,21,24-25,27H,5-6,12-17H2,1H3,(H,26,29). The van der Waals surface area contributed by atoms with Crippen molar-refractivity contribution in [3.63, 3.8) is 0 Å². The molecule has 2 atom stereocenters. The maximum Gasteiger partial charge on any atom is 0.221 e. The summed E-state index contributed by atoms with van der Waals surface area (Å²) in [6.45, 7) is 3.87. The third-order valence-electron chi connectivity index (χ3n) is 6.51. The Morgan fingerprint density at radius 2 is 1.62 bits per heavy atom. The molecule has 4 rings (SSSR count). The minimum Gasteiger partial charge on any atom is -0.382 e. The van der Waals surface area contributed by atoms with Crippen LogP contribution < -0.4 is 10.6 Å². The third-order valence-corrected chi connectivity index (χ3v) is 6.51. The van der Waals surface area contributed by atoms with E-state index in [2.05, 4.69) is 51.9 Å². The Morgan fingerprint density at radius 1 is 0.897 bits per heavy atom. The smallest absolute Gasteiger partial charge is 0.221 e. The Bertz CT molecular complexity index is 799. The van der Waals surface area contributed by atoms with Gasteiger partial charge in [-0.3, -0.25) is 9.69 Å². The van der Waals surface area contributed by atoms with E-state index in [1.165, 1.54) is 44.1 Å². The number of likely N-dealkylation sites (tertiary alicyclic amines) is 1. The zero-order chi connectivity index (χ0) is 20.1. The molecular weight excluding hydrogens is 358 g/mol. The summed E-state index contributed by atoms with van der Waals surface area (Å²) in [5.41, 5.74) is 3.47. The number of amides is 1. The predicted molar refractivity (Wildman–Crippen MR) is 120 cm³/mol. The number of carbonyl (C=O) groups excluding carboxylic acids is 1. The van der Waals surface area contributed by atoms with Gasteiger partial charge in [0.2, 0.25) is 5.91 Å². The highest BCUT2D eigenvalue weighted by molar-refractivity contribution is 5.89. The van der Waals surface area contributed by atoms with Crippen molar-refractivity contribution >= 4 is 17.3 Å². The van der Waals surface area contributed by atoms with Gasteiger partial charge in [-0.2, -0.15) is 0 Å². The second-order valence-corrected chi connectivity index (χ2v) is 8.59. The van der Waals surface area contributed by atoms with E-state index in [-0.39, 0.29) is 5.91 Å². The molecule has 2 aliphatic rings. The number of benzene rings is 2. The van der Waals surface area contributed by atoms with Gasteiger partial charge in [-0.25, -0.2) is 0 Å². The van der Waals surface area contributed by atoms with Crippen LogP contribution >= 0.6 is 0 Å². The molecule has 2 fully saturated rings. The van der Waals surface area contributed by atoms with E-state index in [0.717, 1.165) is 24.5 Å². The summed E-state index contributed by atoms with van der Waals surface area (Å²) in [4.78, 5) is 14.0. The van der Waals surface area contributed by atoms with Gasteiger partial charge in [0.05, 0.1) is 0 Å². The summed E-state index contributed by atoms with van der Waals surface area (Å²) in [7, 11) is 0. The van der Waals surface area contributed by atoms with Crippen molar-refractivity contribution in [2.45, 2.75) is 63.5 Å². The summed E-state index contributed by atoms with van der Waals surface area (Å²) in [6, 6.07) is 20.4. The van der Waals surface area contributed by atoms with Gasteiger partial charge >= 0.3 is 0 Å². The van der Waals surface area contributed by atoms with Crippen LogP contribution in [-0.2, 0) is 4.79 Å². The lowest BCUT2D eigenvalue weighted by Gasteiger charge is -2.44. The fourth-order valence-electron chi connectivity index (χ4n) is 5.14. The zero-order valence-electron chi connectivity index (χ0n) is 17.4. The number of hydrogen-bond acceptors (Lipinski definition) is 3. The molecule has 0 bridgehead atoms. The van der Waals surface area contributed by atoms with Crippen molar-refractivity contribution in [2.24, 2.45) is 0 Å². The first-order valence-electron chi connectivity index (χ1n) is 11.1. The molecule has 1 amide bonds. The third kappa shape index (κ3) is 5.18. The normalized spacial score (nSPS) is 23.5. The van der Waals surface area contributed by atoms with Crippen molar-refractivity contribution in [3.8, 4) is 0 Å². The number of carbonyl (C=O) groups is 1. The summed E-state index contributed by atoms with van der Waals surface area (Å²) < 4.78 is 0. The van der Waals surface area contributed by atoms with Crippen LogP contribution in [0.2, 0.25) is 0 Å². The molecule has 1 aliphatic heterocycles. The highest BCUT2D eigenvalue weighted by atomic mass is 16.1. The molecule has 1 saturated carbocycles. The second-order valence-electron chi connectivity index (χ2n) is 8.59. The molecule has 1 saturated heterocycles. The molecule has 2 unspecified atom stereocenters. The highest BCUT2D eigenvalue weighted by Gasteiger charge is 2.33. The van der Waals surface area contributed by atoms with Crippen LogP contribution in [0.15, 0.2) is 54.6 Å². The van der Waals surface area contributed by atoms with Gasteiger partial charge in [0, 0.05) is 43.5 Å². The van der Waals surface area contributed by atoms with Gasteiger partial charge in [0.15, 0.2) is 0 Å². The van der Waals surface area contributed by atoms with E-state index >= 15 is 0 Å². The molecule has 154 valence electrons. The van der Waals surface area contributed by atoms with Gasteiger partial charge in [-0.05, 0) is 55.4 Å². The molecule has 2 aromatic carbocycles. The molecule has 1 aliphatic carbocycles. The monoisotopic (exact) mass is 391 g/mol. The van der Waals surface area contributed by atoms with E-state index in [9.17, 15) is 4.79 Å². The predicted octanol–water partition coefficient (Wildman–Crippen LogP) is 5.25. The molecule has 0 aromatic heterocycles. The van der Waals surface area contributed by atoms with Gasteiger partial charge < -0.3 is 10.6 Å². The number of nitrogens with one attached hydrogen (secondary N) is 2. The molecule has 4 nitrogen and oxygen atoms in total. The average Bonchev–Trinajstić information content (AvgIpc) is 2.75. The van der Waals surface area contributed by atoms with E-state index in [0.29, 0.717) is 18.0 Å². The van der Waals surface area contributed by atoms with Crippen LogP contribution in [0.1, 0.15) is 56.9 Å². The Morgan fingerprint density at radius 3 is 2.38 bits per heavy atom. The quantitative estimate of drug-likeness (QED) is 0.732. The molecule has 0 spiro atoms. The first kappa shape index (κ1) is 20.0. The van der Waals surface area contributed by atoms with E-state index in [1.54, 1.807) is 6.92 Å². The first-order chi connectivity index (χ1) is 14.2. The lowest BCUT2D eigenvalue weighted by atomic mass is 9.78. The highest BCUT2D eigenvalue weighted by Crippen LogP contribution is 2.37. The SMILES string of the molecule is CC(=O)Nc1cccc(NC2CCN(C3CCCCC3c3ccccc3)CC2)c1. The fraction of sp³-hybridized carbons (Fsp3) is 0.480. The summed E-state index contributed by atoms with van der Waals surface area (Å²) in [5.74, 6) is 0.653. The number of rotatable bonds is 5. The molecular formula is C25H33N3O. The van der Waals surface area contributed by atoms with Crippen molar-refractivity contribution in [2.75, 3.05) is 23.7 Å². The van der Waals surface area contributed by atoms with Crippen LogP contribution in [0.3, 0.4) is 0 Å². The second kappa shape index (κ2) is 9.45. The number of piperidine rings is 1. The maximum absolute atomic E-state index is 11.3. The lowest BCUT2D eigenvalue weighted by Crippen LogP contribution is -2.47. The van der Waals surface area contributed by atoms with Crippen molar-refractivity contribution in [3.05, 3.63) is 60.2 Å². The first-order valence-corrected chi connectivity index (χ1v) is 11.1. The Kier molecular flexibility index (Phi) is 6.50. The molecule has 2 N–H and O–H groups in total. The minimum atomic E-state index is -0.0316. The Hall–Kier alpha value is -2.33. The van der Waals surface area contributed by atoms with E-state index in [4.69, 9.17) is 0 Å². The maximum atomic E-state index is 11.3. The van der Waals surface area contributed by atoms with Crippen LogP contribution in [0.25, 0.3) is 0 Å². The van der Waals surface area contributed by atoms with Crippen LogP contribution in [-0.4, -0.2) is 36.0 Å². The van der Waals surface area contributed by atoms with Gasteiger partial charge in [-0.15, -0.1) is 0 Å². The van der Waals surface area contributed by atoms with Crippen LogP contribution in [0.4, 0.5) is 11.4 Å². The largest absolute Gasteiger partial charge is 0.382 e. The van der Waals surface area contributed by atoms with Crippen molar-refractivity contribution in [1.29, 1.82) is 0 Å².